The molecule has 9 heteroatoms. The van der Waals surface area contributed by atoms with Gasteiger partial charge < -0.3 is 5.32 Å². The Morgan fingerprint density at radius 3 is 2.12 bits per heavy atom. The third kappa shape index (κ3) is 6.35. The quantitative estimate of drug-likeness (QED) is 0.244. The zero-order valence-corrected chi connectivity index (χ0v) is 23.4. The van der Waals surface area contributed by atoms with Crippen molar-refractivity contribution in [2.24, 2.45) is 0 Å². The maximum absolute atomic E-state index is 13.7. The molecule has 5 rings (SSSR count). The van der Waals surface area contributed by atoms with E-state index < -0.39 is 24.0 Å². The van der Waals surface area contributed by atoms with E-state index in [1.54, 1.807) is 4.42 Å². The summed E-state index contributed by atoms with van der Waals surface area (Å²) in [5.41, 5.74) is 2.93. The highest BCUT2D eigenvalue weighted by Gasteiger charge is 2.49. The van der Waals surface area contributed by atoms with Gasteiger partial charge in [0, 0.05) is 26.1 Å². The molecule has 3 aromatic carbocycles. The zero-order chi connectivity index (χ0) is 29.0. The average Bonchev–Trinajstić information content (AvgIpc) is 3.25. The highest BCUT2D eigenvalue weighted by Crippen LogP contribution is 2.51. The highest BCUT2D eigenvalue weighted by molar-refractivity contribution is 6.13. The average molecular weight is 584 g/mol. The van der Waals surface area contributed by atoms with Crippen LogP contribution in [-0.4, -0.2) is 66.0 Å². The second-order valence-corrected chi connectivity index (χ2v) is 11.3. The molecule has 2 aliphatic rings. The van der Waals surface area contributed by atoms with E-state index in [1.807, 2.05) is 78.9 Å². The lowest BCUT2D eigenvalue weighted by Crippen LogP contribution is -2.54. The van der Waals surface area contributed by atoms with Crippen molar-refractivity contribution in [2.45, 2.75) is 43.3 Å². The van der Waals surface area contributed by atoms with Gasteiger partial charge in [0.05, 0.1) is 6.04 Å². The van der Waals surface area contributed by atoms with Gasteiger partial charge in [-0.05, 0) is 59.0 Å². The summed E-state index contributed by atoms with van der Waals surface area (Å²) in [5.74, 6) is -0.540. The first-order valence-electron chi connectivity index (χ1n) is 13.9. The van der Waals surface area contributed by atoms with Gasteiger partial charge >= 0.3 is 6.18 Å². The monoisotopic (exact) mass is 583 g/mol. The maximum Gasteiger partial charge on any atom is 0.405 e. The van der Waals surface area contributed by atoms with E-state index >= 15 is 0 Å². The minimum absolute atomic E-state index is 0.100. The summed E-state index contributed by atoms with van der Waals surface area (Å²) in [7, 11) is 0. The van der Waals surface area contributed by atoms with Crippen molar-refractivity contribution in [3.05, 3.63) is 95.6 Å². The largest absolute Gasteiger partial charge is 0.405 e. The van der Waals surface area contributed by atoms with Crippen molar-refractivity contribution in [3.8, 4) is 11.1 Å². The van der Waals surface area contributed by atoms with Crippen LogP contribution in [0.3, 0.4) is 0 Å². The van der Waals surface area contributed by atoms with Gasteiger partial charge in [0.1, 0.15) is 12.0 Å². The van der Waals surface area contributed by atoms with E-state index in [0.29, 0.717) is 51.9 Å². The van der Waals surface area contributed by atoms with Crippen LogP contribution in [0.25, 0.3) is 11.1 Å². The van der Waals surface area contributed by atoms with E-state index in [2.05, 4.69) is 10.2 Å². The van der Waals surface area contributed by atoms with Crippen LogP contribution in [0.5, 0.6) is 0 Å². The first kappa shape index (κ1) is 29.3. The Kier molecular flexibility index (Phi) is 8.82. The molecule has 0 aromatic heterocycles. The molecular formula is C32H33ClF3N3O2. The molecule has 0 saturated carbocycles. The van der Waals surface area contributed by atoms with Crippen LogP contribution in [0.1, 0.15) is 36.0 Å². The number of carbonyl (C=O) groups is 2. The van der Waals surface area contributed by atoms with Crippen molar-refractivity contribution in [1.82, 2.24) is 14.6 Å². The predicted octanol–water partition coefficient (Wildman–Crippen LogP) is 5.75. The number of ketones is 1. The Hall–Kier alpha value is -3.20. The van der Waals surface area contributed by atoms with Gasteiger partial charge in [-0.3, -0.25) is 14.5 Å². The normalized spacial score (nSPS) is 18.5. The van der Waals surface area contributed by atoms with Crippen LogP contribution in [-0.2, 0) is 21.4 Å². The van der Waals surface area contributed by atoms with Gasteiger partial charge in [-0.2, -0.15) is 13.2 Å². The SMILES string of the molecule is O=C(Cc1ccccc1)C1CN(Cl)CCN1CCCCC1(C(=O)NCC(F)(F)F)c2ccccc2-c2ccccc21. The van der Waals surface area contributed by atoms with Crippen LogP contribution >= 0.6 is 11.8 Å². The molecule has 0 spiro atoms. The number of halogens is 4. The summed E-state index contributed by atoms with van der Waals surface area (Å²) in [6.45, 7) is 0.932. The third-order valence-corrected chi connectivity index (χ3v) is 8.49. The molecule has 1 fully saturated rings. The zero-order valence-electron chi connectivity index (χ0n) is 22.7. The number of benzene rings is 3. The Labute approximate surface area is 243 Å². The number of alkyl halides is 3. The first-order chi connectivity index (χ1) is 19.7. The number of nitrogens with one attached hydrogen (secondary N) is 1. The highest BCUT2D eigenvalue weighted by atomic mass is 35.5. The summed E-state index contributed by atoms with van der Waals surface area (Å²) >= 11 is 6.31. The van der Waals surface area contributed by atoms with Gasteiger partial charge in [-0.25, -0.2) is 4.42 Å². The molecule has 1 atom stereocenters. The molecule has 3 aromatic rings. The van der Waals surface area contributed by atoms with E-state index in [-0.39, 0.29) is 11.8 Å². The number of amides is 1. The Balaban J connectivity index is 1.33. The van der Waals surface area contributed by atoms with Gasteiger partial charge in [-0.15, -0.1) is 0 Å². The van der Waals surface area contributed by atoms with Gasteiger partial charge in [0.15, 0.2) is 5.78 Å². The van der Waals surface area contributed by atoms with E-state index in [4.69, 9.17) is 11.8 Å². The molecule has 1 amide bonds. The molecule has 41 heavy (non-hydrogen) atoms. The fourth-order valence-corrected chi connectivity index (χ4v) is 6.47. The number of hydrogen-bond acceptors (Lipinski definition) is 4. The smallest absolute Gasteiger partial charge is 0.346 e. The van der Waals surface area contributed by atoms with Crippen LogP contribution in [0.15, 0.2) is 78.9 Å². The number of nitrogens with zero attached hydrogens (tertiary/aromatic N) is 2. The second kappa shape index (κ2) is 12.3. The van der Waals surface area contributed by atoms with Crippen molar-refractivity contribution in [3.63, 3.8) is 0 Å². The lowest BCUT2D eigenvalue weighted by atomic mass is 9.73. The van der Waals surface area contributed by atoms with Crippen LogP contribution < -0.4 is 5.32 Å². The number of Topliss-reactive ketones (excluding diaryl/α,β-unsaturated/α-hetero) is 1. The third-order valence-electron chi connectivity index (χ3n) is 8.18. The molecular weight excluding hydrogens is 551 g/mol. The molecule has 1 saturated heterocycles. The number of fused-ring (bicyclic) bond motifs is 3. The summed E-state index contributed by atoms with van der Waals surface area (Å²) < 4.78 is 41.1. The Morgan fingerprint density at radius 2 is 1.49 bits per heavy atom. The molecule has 216 valence electrons. The maximum atomic E-state index is 13.7. The number of unbranched alkanes of at least 4 members (excludes halogenated alkanes) is 1. The molecule has 0 bridgehead atoms. The lowest BCUT2D eigenvalue weighted by Gasteiger charge is -2.38. The van der Waals surface area contributed by atoms with Crippen LogP contribution in [0, 0.1) is 0 Å². The molecule has 1 aliphatic carbocycles. The van der Waals surface area contributed by atoms with Crippen molar-refractivity contribution in [2.75, 3.05) is 32.7 Å². The number of rotatable bonds is 10. The number of carbonyl (C=O) groups excluding carboxylic acids is 2. The number of hydrogen-bond donors (Lipinski definition) is 1. The second-order valence-electron chi connectivity index (χ2n) is 10.8. The fourth-order valence-electron chi connectivity index (χ4n) is 6.26. The fraction of sp³-hybridized carbons (Fsp3) is 0.375. The molecule has 1 unspecified atom stereocenters. The lowest BCUT2D eigenvalue weighted by molar-refractivity contribution is -0.141. The van der Waals surface area contributed by atoms with Crippen molar-refractivity contribution >= 4 is 23.5 Å². The Morgan fingerprint density at radius 1 is 0.878 bits per heavy atom. The van der Waals surface area contributed by atoms with Gasteiger partial charge in [0.2, 0.25) is 5.91 Å². The molecule has 1 N–H and O–H groups in total. The minimum Gasteiger partial charge on any atom is -0.346 e. The van der Waals surface area contributed by atoms with Crippen LogP contribution in [0.4, 0.5) is 13.2 Å². The summed E-state index contributed by atoms with van der Waals surface area (Å²) in [6.07, 6.45) is -2.58. The standard InChI is InChI=1S/C32H33ClF3N3O2/c33-39-19-18-38(28(21-39)29(40)20-23-10-2-1-3-11-23)17-9-8-16-31(30(41)37-22-32(34,35)36)26-14-6-4-12-24(26)25-13-5-7-15-27(25)31/h1-7,10-15,28H,8-9,16-22H2,(H,37,41). The molecule has 1 heterocycles. The first-order valence-corrected chi connectivity index (χ1v) is 14.3. The van der Waals surface area contributed by atoms with E-state index in [0.717, 1.165) is 27.8 Å². The summed E-state index contributed by atoms with van der Waals surface area (Å²) in [6, 6.07) is 24.2. The van der Waals surface area contributed by atoms with Gasteiger partial charge in [0.25, 0.3) is 0 Å². The summed E-state index contributed by atoms with van der Waals surface area (Å²) in [4.78, 5) is 29.1. The summed E-state index contributed by atoms with van der Waals surface area (Å²) in [5, 5.41) is 2.19. The number of piperazine rings is 1. The van der Waals surface area contributed by atoms with Crippen molar-refractivity contribution < 1.29 is 22.8 Å². The molecule has 0 radical (unpaired) electrons. The topological polar surface area (TPSA) is 52.7 Å². The molecule has 5 nitrogen and oxygen atoms in total. The van der Waals surface area contributed by atoms with Crippen molar-refractivity contribution in [1.29, 1.82) is 0 Å². The van der Waals surface area contributed by atoms with E-state index in [1.165, 1.54) is 0 Å². The molecule has 1 aliphatic heterocycles. The minimum atomic E-state index is -4.51. The Bertz CT molecular complexity index is 1340. The van der Waals surface area contributed by atoms with E-state index in [9.17, 15) is 22.8 Å². The van der Waals surface area contributed by atoms with Crippen LogP contribution in [0.2, 0.25) is 0 Å². The predicted molar refractivity (Wildman–Crippen MR) is 154 cm³/mol. The van der Waals surface area contributed by atoms with Gasteiger partial charge in [-0.1, -0.05) is 85.3 Å².